The summed E-state index contributed by atoms with van der Waals surface area (Å²) >= 11 is 0. The van der Waals surface area contributed by atoms with E-state index in [1.54, 1.807) is 25.1 Å². The maximum atomic E-state index is 11.4. The van der Waals surface area contributed by atoms with Crippen molar-refractivity contribution in [2.24, 2.45) is 0 Å². The minimum atomic E-state index is -3.64. The molecule has 0 aliphatic heterocycles. The van der Waals surface area contributed by atoms with Gasteiger partial charge in [0.15, 0.2) is 0 Å². The van der Waals surface area contributed by atoms with Gasteiger partial charge in [-0.3, -0.25) is 0 Å². The fraction of sp³-hybridized carbons (Fsp3) is 0.333. The molecule has 0 saturated heterocycles. The second-order valence-corrected chi connectivity index (χ2v) is 4.84. The molecule has 0 aliphatic rings. The molecule has 0 bridgehead atoms. The predicted octanol–water partition coefficient (Wildman–Crippen LogP) is 1.18. The highest BCUT2D eigenvalue weighted by molar-refractivity contribution is 7.84. The SMILES string of the molecule is Cc1ccccc1OS(=O)(=O)N(C)C. The van der Waals surface area contributed by atoms with Crippen LogP contribution in [0.3, 0.4) is 0 Å². The second-order valence-electron chi connectivity index (χ2n) is 3.09. The molecule has 1 rings (SSSR count). The molecule has 1 aromatic carbocycles. The van der Waals surface area contributed by atoms with E-state index in [4.69, 9.17) is 4.18 Å². The van der Waals surface area contributed by atoms with E-state index >= 15 is 0 Å². The van der Waals surface area contributed by atoms with Crippen molar-refractivity contribution in [1.82, 2.24) is 4.31 Å². The number of hydrogen-bond donors (Lipinski definition) is 0. The Hall–Kier alpha value is -1.07. The van der Waals surface area contributed by atoms with E-state index in [1.807, 2.05) is 6.07 Å². The second kappa shape index (κ2) is 3.98. The third-order valence-electron chi connectivity index (χ3n) is 1.74. The van der Waals surface area contributed by atoms with Crippen molar-refractivity contribution >= 4 is 10.3 Å². The Morgan fingerprint density at radius 3 is 2.29 bits per heavy atom. The van der Waals surface area contributed by atoms with Gasteiger partial charge in [-0.2, -0.15) is 12.7 Å². The first-order valence-electron chi connectivity index (χ1n) is 4.11. The lowest BCUT2D eigenvalue weighted by molar-refractivity contribution is 0.420. The van der Waals surface area contributed by atoms with E-state index in [-0.39, 0.29) is 0 Å². The molecule has 0 unspecified atom stereocenters. The van der Waals surface area contributed by atoms with Crippen LogP contribution in [0.5, 0.6) is 5.75 Å². The summed E-state index contributed by atoms with van der Waals surface area (Å²) in [5, 5.41) is 0. The number of benzene rings is 1. The molecule has 0 N–H and O–H groups in total. The zero-order valence-corrected chi connectivity index (χ0v) is 9.21. The number of aryl methyl sites for hydroxylation is 1. The first-order valence-corrected chi connectivity index (χ1v) is 5.47. The van der Waals surface area contributed by atoms with Crippen molar-refractivity contribution in [2.75, 3.05) is 14.1 Å². The summed E-state index contributed by atoms with van der Waals surface area (Å²) in [6.07, 6.45) is 0. The van der Waals surface area contributed by atoms with Gasteiger partial charge in [0.2, 0.25) is 0 Å². The van der Waals surface area contributed by atoms with Crippen molar-refractivity contribution in [3.05, 3.63) is 29.8 Å². The monoisotopic (exact) mass is 215 g/mol. The molecule has 0 spiro atoms. The van der Waals surface area contributed by atoms with Crippen LogP contribution in [0, 0.1) is 6.92 Å². The van der Waals surface area contributed by atoms with E-state index in [1.165, 1.54) is 14.1 Å². The van der Waals surface area contributed by atoms with Gasteiger partial charge in [-0.15, -0.1) is 0 Å². The van der Waals surface area contributed by atoms with E-state index in [2.05, 4.69) is 0 Å². The van der Waals surface area contributed by atoms with Crippen molar-refractivity contribution in [2.45, 2.75) is 6.92 Å². The Balaban J connectivity index is 2.96. The largest absolute Gasteiger partial charge is 0.384 e. The molecule has 0 amide bonds. The molecule has 5 heteroatoms. The fourth-order valence-electron chi connectivity index (χ4n) is 0.838. The minimum absolute atomic E-state index is 0.362. The van der Waals surface area contributed by atoms with E-state index < -0.39 is 10.3 Å². The summed E-state index contributed by atoms with van der Waals surface area (Å²) < 4.78 is 28.6. The molecule has 0 radical (unpaired) electrons. The number of para-hydroxylation sites is 1. The molecule has 0 heterocycles. The summed E-state index contributed by atoms with van der Waals surface area (Å²) in [6, 6.07) is 6.97. The first kappa shape index (κ1) is 11.0. The van der Waals surface area contributed by atoms with Crippen molar-refractivity contribution in [3.8, 4) is 5.75 Å². The first-order chi connectivity index (χ1) is 6.43. The molecule has 78 valence electrons. The van der Waals surface area contributed by atoms with Gasteiger partial charge in [-0.25, -0.2) is 0 Å². The summed E-state index contributed by atoms with van der Waals surface area (Å²) in [7, 11) is -0.792. The maximum absolute atomic E-state index is 11.4. The van der Waals surface area contributed by atoms with Crippen LogP contribution in [-0.2, 0) is 10.3 Å². The van der Waals surface area contributed by atoms with Crippen LogP contribution >= 0.6 is 0 Å². The minimum Gasteiger partial charge on any atom is -0.370 e. The average molecular weight is 215 g/mol. The highest BCUT2D eigenvalue weighted by Crippen LogP contribution is 2.18. The van der Waals surface area contributed by atoms with Gasteiger partial charge in [0, 0.05) is 14.1 Å². The lowest BCUT2D eigenvalue weighted by Gasteiger charge is -2.13. The quantitative estimate of drug-likeness (QED) is 0.760. The Morgan fingerprint density at radius 2 is 1.79 bits per heavy atom. The van der Waals surface area contributed by atoms with Crippen molar-refractivity contribution in [3.63, 3.8) is 0 Å². The van der Waals surface area contributed by atoms with E-state index in [0.717, 1.165) is 9.87 Å². The molecule has 0 fully saturated rings. The van der Waals surface area contributed by atoms with Crippen LogP contribution in [-0.4, -0.2) is 26.8 Å². The summed E-state index contributed by atoms with van der Waals surface area (Å²) in [4.78, 5) is 0. The van der Waals surface area contributed by atoms with Crippen molar-refractivity contribution in [1.29, 1.82) is 0 Å². The fourth-order valence-corrected chi connectivity index (χ4v) is 1.40. The molecule has 0 aromatic heterocycles. The predicted molar refractivity (Wildman–Crippen MR) is 54.4 cm³/mol. The smallest absolute Gasteiger partial charge is 0.370 e. The highest BCUT2D eigenvalue weighted by Gasteiger charge is 2.16. The molecule has 4 nitrogen and oxygen atoms in total. The zero-order valence-electron chi connectivity index (χ0n) is 8.39. The Kier molecular flexibility index (Phi) is 3.13. The van der Waals surface area contributed by atoms with Crippen LogP contribution in [0.1, 0.15) is 5.56 Å². The summed E-state index contributed by atoms with van der Waals surface area (Å²) in [6.45, 7) is 1.79. The number of hydrogen-bond acceptors (Lipinski definition) is 3. The Labute approximate surface area is 84.4 Å². The standard InChI is InChI=1S/C9H13NO3S/c1-8-6-4-5-7-9(8)13-14(11,12)10(2)3/h4-7H,1-3H3. The van der Waals surface area contributed by atoms with Crippen LogP contribution in [0.25, 0.3) is 0 Å². The third kappa shape index (κ3) is 2.46. The van der Waals surface area contributed by atoms with E-state index in [9.17, 15) is 8.42 Å². The van der Waals surface area contributed by atoms with E-state index in [0.29, 0.717) is 5.75 Å². The topological polar surface area (TPSA) is 46.6 Å². The highest BCUT2D eigenvalue weighted by atomic mass is 32.2. The number of rotatable bonds is 3. The van der Waals surface area contributed by atoms with Crippen LogP contribution < -0.4 is 4.18 Å². The molecule has 0 saturated carbocycles. The van der Waals surface area contributed by atoms with Gasteiger partial charge in [0.25, 0.3) is 0 Å². The zero-order chi connectivity index (χ0) is 10.8. The Bertz CT molecular complexity index is 412. The molecule has 0 atom stereocenters. The van der Waals surface area contributed by atoms with Crippen LogP contribution in [0.15, 0.2) is 24.3 Å². The molecular weight excluding hydrogens is 202 g/mol. The van der Waals surface area contributed by atoms with Crippen molar-refractivity contribution < 1.29 is 12.6 Å². The normalized spacial score (nSPS) is 11.7. The third-order valence-corrected chi connectivity index (χ3v) is 3.02. The number of nitrogens with zero attached hydrogens (tertiary/aromatic N) is 1. The summed E-state index contributed by atoms with van der Waals surface area (Å²) in [5.41, 5.74) is 0.790. The average Bonchev–Trinajstić information content (AvgIpc) is 2.08. The molecule has 0 aliphatic carbocycles. The van der Waals surface area contributed by atoms with Gasteiger partial charge in [-0.1, -0.05) is 18.2 Å². The summed E-state index contributed by atoms with van der Waals surface area (Å²) in [5.74, 6) is 0.362. The van der Waals surface area contributed by atoms with Crippen LogP contribution in [0.4, 0.5) is 0 Å². The lowest BCUT2D eigenvalue weighted by atomic mass is 10.2. The Morgan fingerprint density at radius 1 is 1.21 bits per heavy atom. The van der Waals surface area contributed by atoms with Gasteiger partial charge >= 0.3 is 10.3 Å². The van der Waals surface area contributed by atoms with Gasteiger partial charge in [0.1, 0.15) is 5.75 Å². The lowest BCUT2D eigenvalue weighted by Crippen LogP contribution is -2.27. The molecule has 1 aromatic rings. The van der Waals surface area contributed by atoms with Gasteiger partial charge in [-0.05, 0) is 18.6 Å². The maximum Gasteiger partial charge on any atom is 0.384 e. The molecule has 14 heavy (non-hydrogen) atoms. The molecular formula is C9H13NO3S. The van der Waals surface area contributed by atoms with Gasteiger partial charge in [0.05, 0.1) is 0 Å². The van der Waals surface area contributed by atoms with Crippen LogP contribution in [0.2, 0.25) is 0 Å². The van der Waals surface area contributed by atoms with Gasteiger partial charge < -0.3 is 4.18 Å².